The number of hydrogen-bond acceptors (Lipinski definition) is 3. The molecule has 3 nitrogen and oxygen atoms in total. The zero-order chi connectivity index (χ0) is 12.4. The summed E-state index contributed by atoms with van der Waals surface area (Å²) in [5.41, 5.74) is 10.0. The quantitative estimate of drug-likeness (QED) is 0.743. The summed E-state index contributed by atoms with van der Waals surface area (Å²) in [6.07, 6.45) is 6.14. The van der Waals surface area contributed by atoms with Crippen LogP contribution in [0.5, 0.6) is 0 Å². The van der Waals surface area contributed by atoms with E-state index in [4.69, 9.17) is 5.73 Å². The van der Waals surface area contributed by atoms with Crippen molar-refractivity contribution in [1.82, 2.24) is 9.97 Å². The van der Waals surface area contributed by atoms with Crippen LogP contribution in [-0.2, 0) is 6.42 Å². The molecule has 0 aliphatic rings. The number of nitrogens with zero attached hydrogens (tertiary/aromatic N) is 2. The van der Waals surface area contributed by atoms with Crippen molar-refractivity contribution in [2.75, 3.05) is 5.73 Å². The van der Waals surface area contributed by atoms with Gasteiger partial charge in [0.15, 0.2) is 0 Å². The molecule has 3 heteroatoms. The third-order valence-electron chi connectivity index (χ3n) is 3.00. The minimum atomic E-state index is 0.788. The van der Waals surface area contributed by atoms with E-state index in [9.17, 15) is 0 Å². The first-order valence-electron chi connectivity index (χ1n) is 5.85. The number of nitrogens with two attached hydrogens (primary N) is 1. The molecule has 2 aromatic heterocycles. The standard InChI is InChI=1S/C15H13N3/c16-14-5-7-17-10-13(14)9-11-3-4-15-12(8-11)2-1-6-18-15/h1-8,10H,9H2,(H2,16,17). The van der Waals surface area contributed by atoms with Gasteiger partial charge in [0.25, 0.3) is 0 Å². The molecular weight excluding hydrogens is 222 g/mol. The van der Waals surface area contributed by atoms with E-state index in [2.05, 4.69) is 28.2 Å². The van der Waals surface area contributed by atoms with Crippen molar-refractivity contribution in [3.05, 3.63) is 66.1 Å². The maximum absolute atomic E-state index is 5.93. The Morgan fingerprint density at radius 2 is 2.00 bits per heavy atom. The number of aromatic nitrogens is 2. The lowest BCUT2D eigenvalue weighted by Gasteiger charge is -2.06. The molecule has 0 saturated heterocycles. The van der Waals surface area contributed by atoms with Gasteiger partial charge in [-0.05, 0) is 35.4 Å². The normalized spacial score (nSPS) is 10.7. The van der Waals surface area contributed by atoms with Gasteiger partial charge >= 0.3 is 0 Å². The van der Waals surface area contributed by atoms with E-state index in [0.717, 1.165) is 28.6 Å². The first kappa shape index (κ1) is 10.7. The maximum atomic E-state index is 5.93. The lowest BCUT2D eigenvalue weighted by Crippen LogP contribution is -1.96. The Labute approximate surface area is 105 Å². The molecule has 0 aliphatic heterocycles. The maximum Gasteiger partial charge on any atom is 0.0702 e. The Hall–Kier alpha value is -2.42. The molecule has 18 heavy (non-hydrogen) atoms. The van der Waals surface area contributed by atoms with E-state index in [1.165, 1.54) is 5.56 Å². The van der Waals surface area contributed by atoms with Crippen LogP contribution in [0.3, 0.4) is 0 Å². The van der Waals surface area contributed by atoms with Crippen LogP contribution in [0.15, 0.2) is 55.0 Å². The Bertz CT molecular complexity index is 692. The second-order valence-electron chi connectivity index (χ2n) is 4.28. The third-order valence-corrected chi connectivity index (χ3v) is 3.00. The number of hydrogen-bond donors (Lipinski definition) is 1. The van der Waals surface area contributed by atoms with Crippen LogP contribution in [-0.4, -0.2) is 9.97 Å². The highest BCUT2D eigenvalue weighted by Gasteiger charge is 2.02. The SMILES string of the molecule is Nc1ccncc1Cc1ccc2ncccc2c1. The summed E-state index contributed by atoms with van der Waals surface area (Å²) in [7, 11) is 0. The largest absolute Gasteiger partial charge is 0.398 e. The molecule has 0 fully saturated rings. The molecule has 0 unspecified atom stereocenters. The molecule has 1 aromatic carbocycles. The fourth-order valence-corrected chi connectivity index (χ4v) is 2.04. The molecule has 0 spiro atoms. The van der Waals surface area contributed by atoms with Crippen molar-refractivity contribution in [1.29, 1.82) is 0 Å². The highest BCUT2D eigenvalue weighted by molar-refractivity contribution is 5.79. The van der Waals surface area contributed by atoms with Crippen molar-refractivity contribution >= 4 is 16.6 Å². The summed E-state index contributed by atoms with van der Waals surface area (Å²) < 4.78 is 0. The number of fused-ring (bicyclic) bond motifs is 1. The lowest BCUT2D eigenvalue weighted by atomic mass is 10.0. The number of rotatable bonds is 2. The van der Waals surface area contributed by atoms with Crippen molar-refractivity contribution in [3.8, 4) is 0 Å². The molecule has 0 saturated carbocycles. The van der Waals surface area contributed by atoms with Gasteiger partial charge in [-0.25, -0.2) is 0 Å². The number of anilines is 1. The molecule has 3 aromatic rings. The van der Waals surface area contributed by atoms with Crippen LogP contribution in [0, 0.1) is 0 Å². The topological polar surface area (TPSA) is 51.8 Å². The minimum Gasteiger partial charge on any atom is -0.398 e. The van der Waals surface area contributed by atoms with Gasteiger partial charge in [0.2, 0.25) is 0 Å². The second kappa shape index (κ2) is 4.45. The van der Waals surface area contributed by atoms with Gasteiger partial charge in [-0.15, -0.1) is 0 Å². The number of pyridine rings is 2. The van der Waals surface area contributed by atoms with Crippen molar-refractivity contribution < 1.29 is 0 Å². The van der Waals surface area contributed by atoms with E-state index in [0.29, 0.717) is 0 Å². The summed E-state index contributed by atoms with van der Waals surface area (Å²) in [4.78, 5) is 8.42. The third kappa shape index (κ3) is 2.02. The molecule has 0 bridgehead atoms. The van der Waals surface area contributed by atoms with E-state index >= 15 is 0 Å². The summed E-state index contributed by atoms with van der Waals surface area (Å²) >= 11 is 0. The Kier molecular flexibility index (Phi) is 2.65. The Balaban J connectivity index is 1.98. The minimum absolute atomic E-state index is 0.788. The average molecular weight is 235 g/mol. The molecule has 0 aliphatic carbocycles. The summed E-state index contributed by atoms with van der Waals surface area (Å²) in [6, 6.07) is 12.1. The molecular formula is C15H13N3. The highest BCUT2D eigenvalue weighted by atomic mass is 14.7. The first-order chi connectivity index (χ1) is 8.83. The molecule has 0 atom stereocenters. The van der Waals surface area contributed by atoms with Crippen molar-refractivity contribution in [2.45, 2.75) is 6.42 Å². The van der Waals surface area contributed by atoms with Gasteiger partial charge in [-0.2, -0.15) is 0 Å². The van der Waals surface area contributed by atoms with Crippen LogP contribution in [0.4, 0.5) is 5.69 Å². The average Bonchev–Trinajstić information content (AvgIpc) is 2.41. The van der Waals surface area contributed by atoms with Crippen LogP contribution in [0.2, 0.25) is 0 Å². The van der Waals surface area contributed by atoms with Crippen LogP contribution >= 0.6 is 0 Å². The zero-order valence-electron chi connectivity index (χ0n) is 9.88. The molecule has 2 N–H and O–H groups in total. The highest BCUT2D eigenvalue weighted by Crippen LogP contribution is 2.18. The predicted molar refractivity (Wildman–Crippen MR) is 73.2 cm³/mol. The van der Waals surface area contributed by atoms with E-state index in [-0.39, 0.29) is 0 Å². The monoisotopic (exact) mass is 235 g/mol. The zero-order valence-corrected chi connectivity index (χ0v) is 9.88. The van der Waals surface area contributed by atoms with Gasteiger partial charge in [0.1, 0.15) is 0 Å². The van der Waals surface area contributed by atoms with Gasteiger partial charge in [-0.3, -0.25) is 9.97 Å². The number of benzene rings is 1. The van der Waals surface area contributed by atoms with Gasteiger partial charge in [-0.1, -0.05) is 12.1 Å². The van der Waals surface area contributed by atoms with Crippen molar-refractivity contribution in [3.63, 3.8) is 0 Å². The summed E-state index contributed by atoms with van der Waals surface area (Å²) in [5.74, 6) is 0. The first-order valence-corrected chi connectivity index (χ1v) is 5.85. The van der Waals surface area contributed by atoms with Gasteiger partial charge < -0.3 is 5.73 Å². The fourth-order valence-electron chi connectivity index (χ4n) is 2.04. The summed E-state index contributed by atoms with van der Waals surface area (Å²) in [6.45, 7) is 0. The lowest BCUT2D eigenvalue weighted by molar-refractivity contribution is 1.15. The fraction of sp³-hybridized carbons (Fsp3) is 0.0667. The number of nitrogen functional groups attached to an aromatic ring is 1. The smallest absolute Gasteiger partial charge is 0.0702 e. The molecule has 0 amide bonds. The van der Waals surface area contributed by atoms with Crippen LogP contribution < -0.4 is 5.73 Å². The molecule has 0 radical (unpaired) electrons. The molecule has 3 rings (SSSR count). The van der Waals surface area contributed by atoms with E-state index < -0.39 is 0 Å². The Morgan fingerprint density at radius 3 is 2.89 bits per heavy atom. The van der Waals surface area contributed by atoms with E-state index in [1.54, 1.807) is 12.4 Å². The van der Waals surface area contributed by atoms with Gasteiger partial charge in [0.05, 0.1) is 5.52 Å². The molecule has 2 heterocycles. The Morgan fingerprint density at radius 1 is 1.06 bits per heavy atom. The van der Waals surface area contributed by atoms with Crippen LogP contribution in [0.25, 0.3) is 10.9 Å². The van der Waals surface area contributed by atoms with E-state index in [1.807, 2.05) is 24.4 Å². The summed E-state index contributed by atoms with van der Waals surface area (Å²) in [5, 5.41) is 1.15. The van der Waals surface area contributed by atoms with Crippen molar-refractivity contribution in [2.24, 2.45) is 0 Å². The van der Waals surface area contributed by atoms with Crippen LogP contribution in [0.1, 0.15) is 11.1 Å². The molecule has 88 valence electrons. The predicted octanol–water partition coefficient (Wildman–Crippen LogP) is 2.80. The van der Waals surface area contributed by atoms with Gasteiger partial charge in [0, 0.05) is 36.1 Å². The second-order valence-corrected chi connectivity index (χ2v) is 4.28.